The first-order valence-electron chi connectivity index (χ1n) is 12.4. The van der Waals surface area contributed by atoms with Gasteiger partial charge in [-0.25, -0.2) is 0 Å². The van der Waals surface area contributed by atoms with Crippen LogP contribution in [0.5, 0.6) is 0 Å². The Labute approximate surface area is 181 Å². The highest BCUT2D eigenvalue weighted by molar-refractivity contribution is 6.01. The van der Waals surface area contributed by atoms with Gasteiger partial charge in [0.15, 0.2) is 5.78 Å². The second-order valence-corrected chi connectivity index (χ2v) is 11.6. The van der Waals surface area contributed by atoms with E-state index in [9.17, 15) is 9.59 Å². The Balaban J connectivity index is 1.37. The van der Waals surface area contributed by atoms with Crippen LogP contribution in [0.1, 0.15) is 79.1 Å². The molecule has 0 spiro atoms. The summed E-state index contributed by atoms with van der Waals surface area (Å²) >= 11 is 0. The van der Waals surface area contributed by atoms with Crippen molar-refractivity contribution in [2.24, 2.45) is 46.3 Å². The second kappa shape index (κ2) is 7.07. The van der Waals surface area contributed by atoms with Gasteiger partial charge in [-0.05, 0) is 98.5 Å². The number of ether oxygens (including phenoxy) is 1. The van der Waals surface area contributed by atoms with Crippen LogP contribution in [-0.2, 0) is 14.3 Å². The van der Waals surface area contributed by atoms with E-state index in [2.05, 4.69) is 26.8 Å². The lowest BCUT2D eigenvalue weighted by atomic mass is 9.47. The normalized spacial score (nSPS) is 48.9. The van der Waals surface area contributed by atoms with Gasteiger partial charge in [-0.2, -0.15) is 0 Å². The Morgan fingerprint density at radius 2 is 1.83 bits per heavy atom. The lowest BCUT2D eigenvalue weighted by Crippen LogP contribution is -2.51. The van der Waals surface area contributed by atoms with Crippen molar-refractivity contribution >= 4 is 11.8 Å². The summed E-state index contributed by atoms with van der Waals surface area (Å²) in [7, 11) is 0. The van der Waals surface area contributed by atoms with Gasteiger partial charge in [0.25, 0.3) is 0 Å². The van der Waals surface area contributed by atoms with Crippen molar-refractivity contribution in [3.63, 3.8) is 0 Å². The number of carbonyl (C=O) groups excluding carboxylic acids is 2. The number of fused-ring (bicyclic) bond motifs is 5. The summed E-state index contributed by atoms with van der Waals surface area (Å²) in [4.78, 5) is 24.2. The zero-order chi connectivity index (χ0) is 21.3. The van der Waals surface area contributed by atoms with Crippen molar-refractivity contribution in [3.05, 3.63) is 23.8 Å². The highest BCUT2D eigenvalue weighted by Crippen LogP contribution is 2.67. The van der Waals surface area contributed by atoms with E-state index in [1.165, 1.54) is 37.7 Å². The summed E-state index contributed by atoms with van der Waals surface area (Å²) < 4.78 is 5.91. The van der Waals surface area contributed by atoms with E-state index in [-0.39, 0.29) is 29.2 Å². The molecule has 30 heavy (non-hydrogen) atoms. The molecule has 0 radical (unpaired) electrons. The third kappa shape index (κ3) is 2.90. The van der Waals surface area contributed by atoms with Crippen LogP contribution in [0.25, 0.3) is 0 Å². The van der Waals surface area contributed by atoms with Crippen LogP contribution in [0.4, 0.5) is 0 Å². The van der Waals surface area contributed by atoms with Crippen LogP contribution < -0.4 is 0 Å². The quantitative estimate of drug-likeness (QED) is 0.533. The maximum absolute atomic E-state index is 12.2. The largest absolute Gasteiger partial charge is 0.462 e. The van der Waals surface area contributed by atoms with E-state index in [4.69, 9.17) is 4.74 Å². The molecular weight excluding hydrogens is 372 g/mol. The van der Waals surface area contributed by atoms with Gasteiger partial charge in [0.1, 0.15) is 6.10 Å². The minimum absolute atomic E-state index is 0.0136. The van der Waals surface area contributed by atoms with Crippen molar-refractivity contribution in [2.75, 3.05) is 0 Å². The fraction of sp³-hybridized carbons (Fsp3) is 0.778. The SMILES string of the molecule is CC1CCC([C@@H](C)[C@H]2CCC3C4CCC5=CC(=O)C=C[C@]5(C)C4CC[C@@]32C)OC1=O. The smallest absolute Gasteiger partial charge is 0.308 e. The van der Waals surface area contributed by atoms with Gasteiger partial charge >= 0.3 is 5.97 Å². The van der Waals surface area contributed by atoms with E-state index in [1.807, 2.05) is 19.1 Å². The molecule has 164 valence electrons. The summed E-state index contributed by atoms with van der Waals surface area (Å²) in [6.45, 7) is 9.30. The Kier molecular flexibility index (Phi) is 4.83. The molecule has 5 aliphatic rings. The monoisotopic (exact) mass is 410 g/mol. The van der Waals surface area contributed by atoms with Crippen LogP contribution in [-0.4, -0.2) is 17.9 Å². The number of ketones is 1. The molecule has 9 atom stereocenters. The number of rotatable bonds is 2. The summed E-state index contributed by atoms with van der Waals surface area (Å²) in [5.74, 6) is 3.56. The summed E-state index contributed by atoms with van der Waals surface area (Å²) in [5, 5.41) is 0. The maximum atomic E-state index is 12.2. The first kappa shape index (κ1) is 20.5. The lowest BCUT2D eigenvalue weighted by Gasteiger charge is -2.57. The predicted molar refractivity (Wildman–Crippen MR) is 118 cm³/mol. The summed E-state index contributed by atoms with van der Waals surface area (Å²) in [6.07, 6.45) is 15.6. The highest BCUT2D eigenvalue weighted by Gasteiger charge is 2.59. The molecule has 1 aliphatic heterocycles. The molecule has 0 amide bonds. The maximum Gasteiger partial charge on any atom is 0.308 e. The fourth-order valence-electron chi connectivity index (χ4n) is 8.59. The van der Waals surface area contributed by atoms with E-state index < -0.39 is 0 Å². The van der Waals surface area contributed by atoms with Gasteiger partial charge < -0.3 is 4.74 Å². The number of allylic oxidation sites excluding steroid dienone is 4. The minimum atomic E-state index is 0.0136. The van der Waals surface area contributed by atoms with Crippen molar-refractivity contribution in [1.82, 2.24) is 0 Å². The number of cyclic esters (lactones) is 1. The van der Waals surface area contributed by atoms with Gasteiger partial charge in [0.05, 0.1) is 5.92 Å². The molecule has 4 fully saturated rings. The Morgan fingerprint density at radius 3 is 2.60 bits per heavy atom. The molecule has 0 N–H and O–H groups in total. The molecule has 5 rings (SSSR count). The molecule has 4 aliphatic carbocycles. The molecule has 5 unspecified atom stereocenters. The molecule has 0 aromatic carbocycles. The Hall–Kier alpha value is -1.38. The topological polar surface area (TPSA) is 43.4 Å². The zero-order valence-electron chi connectivity index (χ0n) is 19.2. The summed E-state index contributed by atoms with van der Waals surface area (Å²) in [5.41, 5.74) is 1.82. The molecule has 0 bridgehead atoms. The molecule has 1 saturated heterocycles. The van der Waals surface area contributed by atoms with E-state index in [0.29, 0.717) is 23.2 Å². The number of hydrogen-bond acceptors (Lipinski definition) is 3. The second-order valence-electron chi connectivity index (χ2n) is 11.6. The Morgan fingerprint density at radius 1 is 1.03 bits per heavy atom. The van der Waals surface area contributed by atoms with Gasteiger partial charge in [-0.15, -0.1) is 0 Å². The molecule has 3 heteroatoms. The minimum Gasteiger partial charge on any atom is -0.462 e. The Bertz CT molecular complexity index is 809. The van der Waals surface area contributed by atoms with Gasteiger partial charge in [-0.1, -0.05) is 39.3 Å². The van der Waals surface area contributed by atoms with Gasteiger partial charge in [0.2, 0.25) is 0 Å². The van der Waals surface area contributed by atoms with Gasteiger partial charge in [-0.3, -0.25) is 9.59 Å². The third-order valence-corrected chi connectivity index (χ3v) is 10.4. The molecule has 1 heterocycles. The molecule has 0 aromatic rings. The standard InChI is InChI=1S/C27H38O3/c1-16-5-10-24(30-25(16)29)17(2)21-8-9-22-20-7-6-18-15-19(28)11-13-26(18,3)23(20)12-14-27(21,22)4/h11,13,15-17,20-24H,5-10,12,14H2,1-4H3/t16?,17-,20?,21+,22?,23?,24?,26-,27+/m0/s1. The van der Waals surface area contributed by atoms with Crippen molar-refractivity contribution in [3.8, 4) is 0 Å². The molecule has 3 saturated carbocycles. The van der Waals surface area contributed by atoms with Crippen molar-refractivity contribution in [2.45, 2.75) is 85.2 Å². The van der Waals surface area contributed by atoms with Crippen LogP contribution in [0.2, 0.25) is 0 Å². The first-order valence-corrected chi connectivity index (χ1v) is 12.4. The van der Waals surface area contributed by atoms with E-state index >= 15 is 0 Å². The van der Waals surface area contributed by atoms with Crippen molar-refractivity contribution in [1.29, 1.82) is 0 Å². The van der Waals surface area contributed by atoms with Crippen LogP contribution in [0.3, 0.4) is 0 Å². The van der Waals surface area contributed by atoms with E-state index in [0.717, 1.165) is 31.1 Å². The van der Waals surface area contributed by atoms with Crippen molar-refractivity contribution < 1.29 is 14.3 Å². The van der Waals surface area contributed by atoms with Crippen LogP contribution >= 0.6 is 0 Å². The fourth-order valence-corrected chi connectivity index (χ4v) is 8.59. The van der Waals surface area contributed by atoms with Crippen LogP contribution in [0, 0.1) is 46.3 Å². The van der Waals surface area contributed by atoms with E-state index in [1.54, 1.807) is 0 Å². The average molecular weight is 411 g/mol. The highest BCUT2D eigenvalue weighted by atomic mass is 16.5. The van der Waals surface area contributed by atoms with Gasteiger partial charge in [0, 0.05) is 5.41 Å². The number of esters is 1. The summed E-state index contributed by atoms with van der Waals surface area (Å²) in [6, 6.07) is 0. The first-order chi connectivity index (χ1) is 14.2. The third-order valence-electron chi connectivity index (χ3n) is 10.4. The van der Waals surface area contributed by atoms with Crippen LogP contribution in [0.15, 0.2) is 23.8 Å². The molecule has 3 nitrogen and oxygen atoms in total. The zero-order valence-corrected chi connectivity index (χ0v) is 19.2. The number of hydrogen-bond donors (Lipinski definition) is 0. The number of carbonyl (C=O) groups is 2. The molecular formula is C27H38O3. The molecule has 0 aromatic heterocycles. The predicted octanol–water partition coefficient (Wildman–Crippen LogP) is 5.89. The average Bonchev–Trinajstić information content (AvgIpc) is 3.07. The lowest BCUT2D eigenvalue weighted by molar-refractivity contribution is -0.166.